The Labute approximate surface area is 143 Å². The van der Waals surface area contributed by atoms with E-state index in [9.17, 15) is 18.3 Å². The van der Waals surface area contributed by atoms with Gasteiger partial charge in [0.15, 0.2) is 0 Å². The van der Waals surface area contributed by atoms with Gasteiger partial charge in [-0.3, -0.25) is 0 Å². The lowest BCUT2D eigenvalue weighted by atomic mass is 10.0. The SMILES string of the molecule is CNCC(O)C(c1ccccc1)n1ccc2cc(C(F)(F)F)ccc21. The van der Waals surface area contributed by atoms with Crippen LogP contribution >= 0.6 is 0 Å². The van der Waals surface area contributed by atoms with Crippen molar-refractivity contribution in [1.82, 2.24) is 9.88 Å². The fourth-order valence-corrected chi connectivity index (χ4v) is 3.12. The van der Waals surface area contributed by atoms with Crippen LogP contribution in [-0.4, -0.2) is 29.4 Å². The maximum Gasteiger partial charge on any atom is 0.416 e. The van der Waals surface area contributed by atoms with Crippen molar-refractivity contribution in [2.75, 3.05) is 13.6 Å². The number of rotatable bonds is 5. The zero-order chi connectivity index (χ0) is 18.0. The van der Waals surface area contributed by atoms with E-state index >= 15 is 0 Å². The van der Waals surface area contributed by atoms with E-state index in [0.29, 0.717) is 17.4 Å². The van der Waals surface area contributed by atoms with Gasteiger partial charge < -0.3 is 15.0 Å². The molecule has 2 aromatic carbocycles. The van der Waals surface area contributed by atoms with Gasteiger partial charge in [-0.15, -0.1) is 0 Å². The lowest BCUT2D eigenvalue weighted by molar-refractivity contribution is -0.137. The molecule has 2 unspecified atom stereocenters. The monoisotopic (exact) mass is 348 g/mol. The summed E-state index contributed by atoms with van der Waals surface area (Å²) in [6.07, 6.45) is -3.38. The summed E-state index contributed by atoms with van der Waals surface area (Å²) in [5.74, 6) is 0. The molecule has 0 aliphatic rings. The lowest BCUT2D eigenvalue weighted by Crippen LogP contribution is -2.33. The first-order chi connectivity index (χ1) is 11.9. The van der Waals surface area contributed by atoms with Crippen molar-refractivity contribution in [1.29, 1.82) is 0 Å². The molecule has 0 spiro atoms. The van der Waals surface area contributed by atoms with Crippen LogP contribution in [0, 0.1) is 0 Å². The summed E-state index contributed by atoms with van der Waals surface area (Å²) in [5, 5.41) is 14.1. The fraction of sp³-hybridized carbons (Fsp3) is 0.263. The molecule has 0 radical (unpaired) electrons. The highest BCUT2D eigenvalue weighted by Gasteiger charge is 2.31. The second-order valence-electron chi connectivity index (χ2n) is 5.97. The highest BCUT2D eigenvalue weighted by Crippen LogP contribution is 2.33. The third-order valence-corrected chi connectivity index (χ3v) is 4.27. The molecular weight excluding hydrogens is 329 g/mol. The largest absolute Gasteiger partial charge is 0.416 e. The number of nitrogens with one attached hydrogen (secondary N) is 1. The van der Waals surface area contributed by atoms with Gasteiger partial charge in [-0.2, -0.15) is 13.2 Å². The number of alkyl halides is 3. The van der Waals surface area contributed by atoms with Crippen molar-refractivity contribution < 1.29 is 18.3 Å². The summed E-state index contributed by atoms with van der Waals surface area (Å²) in [6.45, 7) is 0.361. The van der Waals surface area contributed by atoms with Crippen molar-refractivity contribution in [2.45, 2.75) is 18.3 Å². The van der Waals surface area contributed by atoms with Crippen molar-refractivity contribution in [3.05, 3.63) is 71.9 Å². The fourth-order valence-electron chi connectivity index (χ4n) is 3.12. The summed E-state index contributed by atoms with van der Waals surface area (Å²) in [5.41, 5.74) is 0.865. The Bertz CT molecular complexity index is 843. The van der Waals surface area contributed by atoms with Crippen LogP contribution in [0.1, 0.15) is 17.2 Å². The van der Waals surface area contributed by atoms with Crippen molar-refractivity contribution in [3.63, 3.8) is 0 Å². The predicted octanol–water partition coefficient (Wildman–Crippen LogP) is 3.83. The van der Waals surface area contributed by atoms with Crippen LogP contribution in [0.15, 0.2) is 60.8 Å². The molecule has 0 aliphatic carbocycles. The summed E-state index contributed by atoms with van der Waals surface area (Å²) in [7, 11) is 1.74. The molecule has 0 saturated heterocycles. The molecule has 132 valence electrons. The standard InChI is InChI=1S/C19H19F3N2O/c1-23-12-17(25)18(13-5-3-2-4-6-13)24-10-9-14-11-15(19(20,21)22)7-8-16(14)24/h2-11,17-18,23,25H,12H2,1H3. The average molecular weight is 348 g/mol. The number of hydrogen-bond acceptors (Lipinski definition) is 2. The number of aliphatic hydroxyl groups excluding tert-OH is 1. The summed E-state index contributed by atoms with van der Waals surface area (Å²) in [4.78, 5) is 0. The van der Waals surface area contributed by atoms with Gasteiger partial charge in [0.2, 0.25) is 0 Å². The molecule has 0 saturated carbocycles. The van der Waals surface area contributed by atoms with Crippen LogP contribution in [0.4, 0.5) is 13.2 Å². The number of fused-ring (bicyclic) bond motifs is 1. The van der Waals surface area contributed by atoms with E-state index in [0.717, 1.165) is 17.7 Å². The van der Waals surface area contributed by atoms with E-state index in [-0.39, 0.29) is 0 Å². The van der Waals surface area contributed by atoms with Gasteiger partial charge >= 0.3 is 6.18 Å². The predicted molar refractivity (Wildman–Crippen MR) is 91.5 cm³/mol. The molecule has 2 atom stereocenters. The quantitative estimate of drug-likeness (QED) is 0.735. The Morgan fingerprint density at radius 3 is 2.44 bits per heavy atom. The minimum atomic E-state index is -4.37. The van der Waals surface area contributed by atoms with E-state index in [1.165, 1.54) is 6.07 Å². The molecule has 1 aromatic heterocycles. The van der Waals surface area contributed by atoms with Gasteiger partial charge in [-0.25, -0.2) is 0 Å². The number of hydrogen-bond donors (Lipinski definition) is 2. The van der Waals surface area contributed by atoms with Gasteiger partial charge in [-0.1, -0.05) is 30.3 Å². The minimum absolute atomic E-state index is 0.361. The summed E-state index contributed by atoms with van der Waals surface area (Å²) >= 11 is 0. The maximum absolute atomic E-state index is 12.9. The number of aliphatic hydroxyl groups is 1. The Kier molecular flexibility index (Phi) is 4.83. The highest BCUT2D eigenvalue weighted by atomic mass is 19.4. The molecule has 0 aliphatic heterocycles. The Morgan fingerprint density at radius 2 is 1.80 bits per heavy atom. The molecule has 3 rings (SSSR count). The van der Waals surface area contributed by atoms with E-state index in [4.69, 9.17) is 0 Å². The number of aromatic nitrogens is 1. The van der Waals surface area contributed by atoms with Gasteiger partial charge in [0.25, 0.3) is 0 Å². The second kappa shape index (κ2) is 6.90. The minimum Gasteiger partial charge on any atom is -0.389 e. The van der Waals surface area contributed by atoms with Gasteiger partial charge in [-0.05, 0) is 36.9 Å². The molecule has 1 heterocycles. The number of nitrogens with zero attached hydrogens (tertiary/aromatic N) is 1. The normalized spacial score (nSPS) is 14.6. The Morgan fingerprint density at radius 1 is 1.08 bits per heavy atom. The lowest BCUT2D eigenvalue weighted by Gasteiger charge is -2.26. The topological polar surface area (TPSA) is 37.2 Å². The van der Waals surface area contributed by atoms with Crippen LogP contribution < -0.4 is 5.32 Å². The third-order valence-electron chi connectivity index (χ3n) is 4.27. The molecule has 3 nitrogen and oxygen atoms in total. The first-order valence-electron chi connectivity index (χ1n) is 7.97. The number of likely N-dealkylation sites (N-methyl/N-ethyl adjacent to an activating group) is 1. The second-order valence-corrected chi connectivity index (χ2v) is 5.97. The zero-order valence-corrected chi connectivity index (χ0v) is 13.7. The van der Waals surface area contributed by atoms with Crippen molar-refractivity contribution in [3.8, 4) is 0 Å². The summed E-state index contributed by atoms with van der Waals surface area (Å²) in [6, 6.07) is 14.4. The van der Waals surface area contributed by atoms with Crippen LogP contribution in [0.5, 0.6) is 0 Å². The van der Waals surface area contributed by atoms with Crippen molar-refractivity contribution in [2.24, 2.45) is 0 Å². The van der Waals surface area contributed by atoms with Gasteiger partial charge in [0.05, 0.1) is 17.7 Å². The first kappa shape index (κ1) is 17.5. The van der Waals surface area contributed by atoms with Crippen molar-refractivity contribution >= 4 is 10.9 Å². The van der Waals surface area contributed by atoms with Crippen LogP contribution in [0.25, 0.3) is 10.9 Å². The molecule has 3 aromatic rings. The van der Waals surface area contributed by atoms with E-state index in [1.54, 1.807) is 19.3 Å². The molecular formula is C19H19F3N2O. The number of halogens is 3. The Balaban J connectivity index is 2.10. The van der Waals surface area contributed by atoms with Crippen LogP contribution in [0.2, 0.25) is 0 Å². The third kappa shape index (κ3) is 3.55. The molecule has 25 heavy (non-hydrogen) atoms. The first-order valence-corrected chi connectivity index (χ1v) is 7.97. The molecule has 2 N–H and O–H groups in total. The zero-order valence-electron chi connectivity index (χ0n) is 13.7. The molecule has 0 fully saturated rings. The van der Waals surface area contributed by atoms with Gasteiger partial charge in [0, 0.05) is 23.6 Å². The molecule has 6 heteroatoms. The maximum atomic E-state index is 12.9. The van der Waals surface area contributed by atoms with E-state index in [1.807, 2.05) is 34.9 Å². The van der Waals surface area contributed by atoms with Crippen LogP contribution in [-0.2, 0) is 6.18 Å². The molecule has 0 amide bonds. The average Bonchev–Trinajstić information content (AvgIpc) is 2.99. The van der Waals surface area contributed by atoms with Gasteiger partial charge in [0.1, 0.15) is 0 Å². The number of benzene rings is 2. The van der Waals surface area contributed by atoms with E-state index in [2.05, 4.69) is 5.32 Å². The smallest absolute Gasteiger partial charge is 0.389 e. The molecule has 0 bridgehead atoms. The highest BCUT2D eigenvalue weighted by molar-refractivity contribution is 5.81. The van der Waals surface area contributed by atoms with Crippen LogP contribution in [0.3, 0.4) is 0 Å². The summed E-state index contributed by atoms with van der Waals surface area (Å²) < 4.78 is 40.6. The Hall–Kier alpha value is -2.31. The van der Waals surface area contributed by atoms with E-state index < -0.39 is 23.9 Å².